The molecule has 2 unspecified atom stereocenters. The van der Waals surface area contributed by atoms with Crippen LogP contribution in [0, 0.1) is 12.7 Å². The zero-order chi connectivity index (χ0) is 21.1. The van der Waals surface area contributed by atoms with E-state index in [2.05, 4.69) is 10.7 Å². The number of rotatable bonds is 6. The molecule has 0 saturated carbocycles. The van der Waals surface area contributed by atoms with Crippen molar-refractivity contribution in [2.24, 2.45) is 0 Å². The number of carbonyl (C=O) groups excluding carboxylic acids is 2. The summed E-state index contributed by atoms with van der Waals surface area (Å²) < 4.78 is 13.2. The number of nitrogens with zero attached hydrogens (tertiary/aromatic N) is 2. The number of aryl methyl sites for hydroxylation is 1. The van der Waals surface area contributed by atoms with Gasteiger partial charge in [-0.3, -0.25) is 9.59 Å². The molecule has 156 valence electrons. The van der Waals surface area contributed by atoms with Crippen LogP contribution < -0.4 is 10.7 Å². The molecular weight excluding hydrogens is 383 g/mol. The maximum atomic E-state index is 13.2. The lowest BCUT2D eigenvalue weighted by molar-refractivity contribution is -0.134. The molecule has 0 radical (unpaired) electrons. The molecule has 0 aromatic heterocycles. The van der Waals surface area contributed by atoms with Crippen molar-refractivity contribution in [2.75, 3.05) is 6.54 Å². The number of carbonyl (C=O) groups is 2. The van der Waals surface area contributed by atoms with Crippen LogP contribution >= 0.6 is 0 Å². The van der Waals surface area contributed by atoms with Gasteiger partial charge in [-0.25, -0.2) is 9.82 Å². The number of halogens is 1. The third-order valence-corrected chi connectivity index (χ3v) is 5.50. The van der Waals surface area contributed by atoms with Crippen LogP contribution in [0.5, 0.6) is 0 Å². The lowest BCUT2D eigenvalue weighted by Gasteiger charge is -2.31. The average molecular weight is 408 g/mol. The molecule has 2 heterocycles. The summed E-state index contributed by atoms with van der Waals surface area (Å²) in [5.41, 5.74) is 6.43. The van der Waals surface area contributed by atoms with Crippen molar-refractivity contribution in [3.8, 4) is 0 Å². The van der Waals surface area contributed by atoms with Gasteiger partial charge in [0.25, 0.3) is 5.91 Å². The first kappa shape index (κ1) is 20.1. The molecule has 6 nitrogen and oxygen atoms in total. The van der Waals surface area contributed by atoms with Crippen molar-refractivity contribution in [3.63, 3.8) is 0 Å². The second-order valence-corrected chi connectivity index (χ2v) is 7.74. The van der Waals surface area contributed by atoms with Crippen LogP contribution in [-0.2, 0) is 16.1 Å². The van der Waals surface area contributed by atoms with Gasteiger partial charge in [0.1, 0.15) is 11.9 Å². The molecule has 2 amide bonds. The lowest BCUT2D eigenvalue weighted by atomic mass is 10.0. The summed E-state index contributed by atoms with van der Waals surface area (Å²) in [6.07, 6.45) is 4.35. The zero-order valence-electron chi connectivity index (χ0n) is 16.8. The van der Waals surface area contributed by atoms with E-state index in [0.717, 1.165) is 16.7 Å². The minimum atomic E-state index is -0.333. The molecule has 0 spiro atoms. The monoisotopic (exact) mass is 408 g/mol. The molecule has 2 N–H and O–H groups in total. The Morgan fingerprint density at radius 3 is 2.77 bits per heavy atom. The Morgan fingerprint density at radius 2 is 2.00 bits per heavy atom. The minimum absolute atomic E-state index is 0.0407. The van der Waals surface area contributed by atoms with Gasteiger partial charge in [-0.15, -0.1) is 0 Å². The predicted octanol–water partition coefficient (Wildman–Crippen LogP) is 2.77. The molecule has 1 saturated heterocycles. The van der Waals surface area contributed by atoms with E-state index in [1.54, 1.807) is 28.2 Å². The first-order valence-electron chi connectivity index (χ1n) is 10.1. The standard InChI is InChI=1S/C23H25FN4O2/c1-16-3-2-4-17(13-16)15-25-22(29)9-10-27-11-12-28-21(23(27)30)14-20(26-28)18-5-7-19(24)8-6-18/h2-8,11-13,20-21,26H,9-10,14-15H2,1H3,(H,25,29). The third kappa shape index (κ3) is 4.52. The Labute approximate surface area is 175 Å². The summed E-state index contributed by atoms with van der Waals surface area (Å²) >= 11 is 0. The Balaban J connectivity index is 1.28. The van der Waals surface area contributed by atoms with Gasteiger partial charge < -0.3 is 15.2 Å². The number of nitrogens with one attached hydrogen (secondary N) is 2. The fourth-order valence-corrected chi connectivity index (χ4v) is 3.87. The smallest absolute Gasteiger partial charge is 0.250 e. The van der Waals surface area contributed by atoms with E-state index in [1.165, 1.54) is 12.1 Å². The molecule has 1 fully saturated rings. The van der Waals surface area contributed by atoms with E-state index in [0.29, 0.717) is 19.5 Å². The molecule has 30 heavy (non-hydrogen) atoms. The first-order chi connectivity index (χ1) is 14.5. The quantitative estimate of drug-likeness (QED) is 0.772. The van der Waals surface area contributed by atoms with Gasteiger partial charge >= 0.3 is 0 Å². The van der Waals surface area contributed by atoms with Crippen molar-refractivity contribution in [1.29, 1.82) is 0 Å². The Bertz CT molecular complexity index is 960. The largest absolute Gasteiger partial charge is 0.352 e. The summed E-state index contributed by atoms with van der Waals surface area (Å²) in [6, 6.07) is 13.9. The van der Waals surface area contributed by atoms with Gasteiger partial charge in [-0.05, 0) is 36.6 Å². The van der Waals surface area contributed by atoms with Crippen LogP contribution in [0.4, 0.5) is 4.39 Å². The van der Waals surface area contributed by atoms with Crippen LogP contribution in [0.1, 0.15) is 35.6 Å². The summed E-state index contributed by atoms with van der Waals surface area (Å²) in [7, 11) is 0. The average Bonchev–Trinajstić information content (AvgIpc) is 3.17. The molecule has 2 atom stereocenters. The molecule has 7 heteroatoms. The summed E-state index contributed by atoms with van der Waals surface area (Å²) in [4.78, 5) is 26.7. The van der Waals surface area contributed by atoms with Crippen molar-refractivity contribution >= 4 is 11.8 Å². The van der Waals surface area contributed by atoms with E-state index in [9.17, 15) is 14.0 Å². The Kier molecular flexibility index (Phi) is 5.81. The van der Waals surface area contributed by atoms with E-state index in [1.807, 2.05) is 37.4 Å². The summed E-state index contributed by atoms with van der Waals surface area (Å²) in [5, 5.41) is 4.70. The van der Waals surface area contributed by atoms with Crippen molar-refractivity contribution in [1.82, 2.24) is 20.7 Å². The van der Waals surface area contributed by atoms with Crippen LogP contribution in [-0.4, -0.2) is 34.3 Å². The molecule has 2 aromatic carbocycles. The Hall–Kier alpha value is -3.19. The highest BCUT2D eigenvalue weighted by Crippen LogP contribution is 2.30. The second-order valence-electron chi connectivity index (χ2n) is 7.74. The van der Waals surface area contributed by atoms with Gasteiger partial charge in [-0.2, -0.15) is 0 Å². The molecular formula is C23H25FN4O2. The van der Waals surface area contributed by atoms with E-state index < -0.39 is 0 Å². The highest BCUT2D eigenvalue weighted by atomic mass is 19.1. The molecule has 2 aliphatic heterocycles. The summed E-state index contributed by atoms with van der Waals surface area (Å²) in [5.74, 6) is -0.410. The van der Waals surface area contributed by atoms with Crippen molar-refractivity contribution in [3.05, 3.63) is 83.4 Å². The number of hydrazine groups is 1. The first-order valence-corrected chi connectivity index (χ1v) is 10.1. The number of benzene rings is 2. The van der Waals surface area contributed by atoms with Crippen LogP contribution in [0.25, 0.3) is 0 Å². The molecule has 0 bridgehead atoms. The summed E-state index contributed by atoms with van der Waals surface area (Å²) in [6.45, 7) is 2.83. The SMILES string of the molecule is Cc1cccc(CNC(=O)CCN2C=CN3NC(c4ccc(F)cc4)CC3C2=O)c1. The molecule has 4 rings (SSSR count). The lowest BCUT2D eigenvalue weighted by Crippen LogP contribution is -2.48. The van der Waals surface area contributed by atoms with Gasteiger partial charge in [-0.1, -0.05) is 42.0 Å². The highest BCUT2D eigenvalue weighted by Gasteiger charge is 2.39. The van der Waals surface area contributed by atoms with Gasteiger partial charge in [0.15, 0.2) is 0 Å². The Morgan fingerprint density at radius 1 is 1.20 bits per heavy atom. The van der Waals surface area contributed by atoms with E-state index in [-0.39, 0.29) is 36.1 Å². The third-order valence-electron chi connectivity index (χ3n) is 5.50. The number of amides is 2. The highest BCUT2D eigenvalue weighted by molar-refractivity contribution is 5.85. The maximum absolute atomic E-state index is 13.2. The molecule has 2 aromatic rings. The van der Waals surface area contributed by atoms with Crippen LogP contribution in [0.15, 0.2) is 60.9 Å². The normalized spacial score (nSPS) is 20.4. The number of hydrogen-bond donors (Lipinski definition) is 2. The molecule has 0 aliphatic carbocycles. The van der Waals surface area contributed by atoms with Crippen LogP contribution in [0.3, 0.4) is 0 Å². The minimum Gasteiger partial charge on any atom is -0.352 e. The zero-order valence-corrected chi connectivity index (χ0v) is 16.8. The topological polar surface area (TPSA) is 64.7 Å². The van der Waals surface area contributed by atoms with Gasteiger partial charge in [0.2, 0.25) is 5.91 Å². The van der Waals surface area contributed by atoms with Gasteiger partial charge in [0, 0.05) is 31.9 Å². The second kappa shape index (κ2) is 8.67. The fraction of sp³-hybridized carbons (Fsp3) is 0.304. The van der Waals surface area contributed by atoms with E-state index in [4.69, 9.17) is 0 Å². The predicted molar refractivity (Wildman–Crippen MR) is 111 cm³/mol. The van der Waals surface area contributed by atoms with Gasteiger partial charge in [0.05, 0.1) is 6.04 Å². The van der Waals surface area contributed by atoms with Crippen molar-refractivity contribution < 1.29 is 14.0 Å². The number of hydrogen-bond acceptors (Lipinski definition) is 4. The fourth-order valence-electron chi connectivity index (χ4n) is 3.87. The van der Waals surface area contributed by atoms with E-state index >= 15 is 0 Å². The van der Waals surface area contributed by atoms with Crippen LogP contribution in [0.2, 0.25) is 0 Å². The van der Waals surface area contributed by atoms with Crippen molar-refractivity contribution in [2.45, 2.75) is 38.4 Å². The maximum Gasteiger partial charge on any atom is 0.250 e. The molecule has 2 aliphatic rings. The number of fused-ring (bicyclic) bond motifs is 1.